The van der Waals surface area contributed by atoms with Gasteiger partial charge in [0.1, 0.15) is 0 Å². The van der Waals surface area contributed by atoms with Crippen LogP contribution in [0.15, 0.2) is 29.2 Å². The van der Waals surface area contributed by atoms with Crippen molar-refractivity contribution in [2.24, 2.45) is 5.92 Å². The Morgan fingerprint density at radius 3 is 2.88 bits per heavy atom. The number of rotatable bonds is 6. The Morgan fingerprint density at radius 1 is 1.53 bits per heavy atom. The van der Waals surface area contributed by atoms with Crippen molar-refractivity contribution >= 4 is 22.4 Å². The summed E-state index contributed by atoms with van der Waals surface area (Å²) in [6.45, 7) is 3.03. The molecule has 2 rings (SSSR count). The van der Waals surface area contributed by atoms with Crippen LogP contribution in [0.25, 0.3) is 0 Å². The van der Waals surface area contributed by atoms with Crippen LogP contribution in [0.2, 0.25) is 5.02 Å². The largest absolute Gasteiger partial charge is 0.313 e. The minimum Gasteiger partial charge on any atom is -0.313 e. The van der Waals surface area contributed by atoms with E-state index in [1.54, 1.807) is 6.07 Å². The lowest BCUT2D eigenvalue weighted by Gasteiger charge is -2.16. The molecular formula is C13H18ClNOS. The van der Waals surface area contributed by atoms with E-state index in [-0.39, 0.29) is 0 Å². The number of hydrogen-bond donors (Lipinski definition) is 1. The van der Waals surface area contributed by atoms with E-state index in [2.05, 4.69) is 12.2 Å². The molecule has 2 unspecified atom stereocenters. The molecule has 17 heavy (non-hydrogen) atoms. The monoisotopic (exact) mass is 271 g/mol. The van der Waals surface area contributed by atoms with E-state index in [4.69, 9.17) is 11.6 Å². The second kappa shape index (κ2) is 5.98. The molecule has 0 radical (unpaired) electrons. The molecule has 4 heteroatoms. The lowest BCUT2D eigenvalue weighted by atomic mass is 10.2. The maximum absolute atomic E-state index is 12.2. The lowest BCUT2D eigenvalue weighted by Crippen LogP contribution is -2.35. The summed E-state index contributed by atoms with van der Waals surface area (Å²) in [5, 5.41) is 4.09. The van der Waals surface area contributed by atoms with Crippen molar-refractivity contribution in [3.05, 3.63) is 29.3 Å². The van der Waals surface area contributed by atoms with Gasteiger partial charge in [-0.05, 0) is 43.5 Å². The van der Waals surface area contributed by atoms with Crippen LogP contribution < -0.4 is 5.32 Å². The smallest absolute Gasteiger partial charge is 0.0545 e. The third kappa shape index (κ3) is 3.80. The molecule has 0 heterocycles. The first kappa shape index (κ1) is 13.1. The van der Waals surface area contributed by atoms with Gasteiger partial charge in [-0.2, -0.15) is 0 Å². The minimum atomic E-state index is -0.953. The van der Waals surface area contributed by atoms with Gasteiger partial charge in [0.2, 0.25) is 0 Å². The van der Waals surface area contributed by atoms with Gasteiger partial charge in [-0.3, -0.25) is 4.21 Å². The molecule has 1 fully saturated rings. The van der Waals surface area contributed by atoms with E-state index in [9.17, 15) is 4.21 Å². The van der Waals surface area contributed by atoms with Crippen molar-refractivity contribution in [1.29, 1.82) is 0 Å². The van der Waals surface area contributed by atoms with E-state index >= 15 is 0 Å². The molecule has 0 spiro atoms. The van der Waals surface area contributed by atoms with Gasteiger partial charge < -0.3 is 5.32 Å². The molecule has 1 aliphatic carbocycles. The fourth-order valence-electron chi connectivity index (χ4n) is 1.99. The highest BCUT2D eigenvalue weighted by molar-refractivity contribution is 7.85. The number of hydrogen-bond acceptors (Lipinski definition) is 2. The molecule has 2 atom stereocenters. The van der Waals surface area contributed by atoms with E-state index in [1.807, 2.05) is 18.2 Å². The zero-order valence-electron chi connectivity index (χ0n) is 9.99. The predicted molar refractivity (Wildman–Crippen MR) is 72.9 cm³/mol. The van der Waals surface area contributed by atoms with Gasteiger partial charge in [-0.25, -0.2) is 0 Å². The average Bonchev–Trinajstić information content (AvgIpc) is 3.12. The van der Waals surface area contributed by atoms with Gasteiger partial charge in [0.15, 0.2) is 0 Å². The van der Waals surface area contributed by atoms with Crippen LogP contribution in [-0.4, -0.2) is 22.5 Å². The van der Waals surface area contributed by atoms with Crippen LogP contribution >= 0.6 is 11.6 Å². The summed E-state index contributed by atoms with van der Waals surface area (Å²) in [4.78, 5) is 0.834. The predicted octanol–water partition coefficient (Wildman–Crippen LogP) is 2.84. The Bertz CT molecular complexity index is 406. The van der Waals surface area contributed by atoms with Crippen LogP contribution in [-0.2, 0) is 10.8 Å². The number of nitrogens with one attached hydrogen (secondary N) is 1. The van der Waals surface area contributed by atoms with Crippen LogP contribution in [0.3, 0.4) is 0 Å². The summed E-state index contributed by atoms with van der Waals surface area (Å²) in [7, 11) is -0.953. The van der Waals surface area contributed by atoms with Crippen molar-refractivity contribution < 1.29 is 4.21 Å². The summed E-state index contributed by atoms with van der Waals surface area (Å²) >= 11 is 5.91. The molecule has 1 aromatic rings. The zero-order chi connectivity index (χ0) is 12.3. The lowest BCUT2D eigenvalue weighted by molar-refractivity contribution is 0.514. The van der Waals surface area contributed by atoms with Crippen molar-refractivity contribution in [1.82, 2.24) is 5.32 Å². The third-order valence-electron chi connectivity index (χ3n) is 3.05. The summed E-state index contributed by atoms with van der Waals surface area (Å²) in [5.41, 5.74) is 0. The SMILES string of the molecule is CCNC(CS(=O)c1cccc(Cl)c1)C1CC1. The molecule has 2 nitrogen and oxygen atoms in total. The number of halogens is 1. The van der Waals surface area contributed by atoms with Crippen molar-refractivity contribution in [2.45, 2.75) is 30.7 Å². The van der Waals surface area contributed by atoms with Gasteiger partial charge >= 0.3 is 0 Å². The summed E-state index contributed by atoms with van der Waals surface area (Å²) in [6.07, 6.45) is 2.54. The molecule has 0 aliphatic heterocycles. The second-order valence-electron chi connectivity index (χ2n) is 4.47. The Kier molecular flexibility index (Phi) is 4.60. The van der Waals surface area contributed by atoms with Crippen LogP contribution in [0, 0.1) is 5.92 Å². The molecule has 1 aliphatic rings. The average molecular weight is 272 g/mol. The topological polar surface area (TPSA) is 29.1 Å². The Morgan fingerprint density at radius 2 is 2.29 bits per heavy atom. The first-order valence-corrected chi connectivity index (χ1v) is 7.77. The van der Waals surface area contributed by atoms with E-state index in [0.717, 1.165) is 17.4 Å². The van der Waals surface area contributed by atoms with E-state index < -0.39 is 10.8 Å². The fraction of sp³-hybridized carbons (Fsp3) is 0.538. The maximum Gasteiger partial charge on any atom is 0.0545 e. The third-order valence-corrected chi connectivity index (χ3v) is 4.72. The molecule has 1 saturated carbocycles. The van der Waals surface area contributed by atoms with Gasteiger partial charge in [0, 0.05) is 21.7 Å². The molecular weight excluding hydrogens is 254 g/mol. The van der Waals surface area contributed by atoms with Crippen LogP contribution in [0.1, 0.15) is 19.8 Å². The van der Waals surface area contributed by atoms with Crippen molar-refractivity contribution in [2.75, 3.05) is 12.3 Å². The zero-order valence-corrected chi connectivity index (χ0v) is 11.6. The molecule has 1 N–H and O–H groups in total. The van der Waals surface area contributed by atoms with Gasteiger partial charge in [0.05, 0.1) is 10.8 Å². The summed E-state index contributed by atoms with van der Waals surface area (Å²) in [6, 6.07) is 7.74. The van der Waals surface area contributed by atoms with Crippen molar-refractivity contribution in [3.63, 3.8) is 0 Å². The maximum atomic E-state index is 12.2. The molecule has 94 valence electrons. The standard InChI is InChI=1S/C13H18ClNOS/c1-2-15-13(10-6-7-10)9-17(16)12-5-3-4-11(14)8-12/h3-5,8,10,13,15H,2,6-7,9H2,1H3. The van der Waals surface area contributed by atoms with Crippen LogP contribution in [0.5, 0.6) is 0 Å². The normalized spacial score (nSPS) is 18.9. The highest BCUT2D eigenvalue weighted by Gasteiger charge is 2.31. The molecule has 0 bridgehead atoms. The first-order chi connectivity index (χ1) is 8.20. The van der Waals surface area contributed by atoms with E-state index in [0.29, 0.717) is 16.8 Å². The highest BCUT2D eigenvalue weighted by atomic mass is 35.5. The second-order valence-corrected chi connectivity index (χ2v) is 6.40. The van der Waals surface area contributed by atoms with Gasteiger partial charge in [-0.1, -0.05) is 24.6 Å². The molecule has 0 amide bonds. The van der Waals surface area contributed by atoms with E-state index in [1.165, 1.54) is 12.8 Å². The number of benzene rings is 1. The molecule has 0 aromatic heterocycles. The molecule has 0 saturated heterocycles. The van der Waals surface area contributed by atoms with Crippen molar-refractivity contribution in [3.8, 4) is 0 Å². The quantitative estimate of drug-likeness (QED) is 0.862. The van der Waals surface area contributed by atoms with Crippen LogP contribution in [0.4, 0.5) is 0 Å². The summed E-state index contributed by atoms with van der Waals surface area (Å²) < 4.78 is 12.2. The van der Waals surface area contributed by atoms with Gasteiger partial charge in [0.25, 0.3) is 0 Å². The molecule has 1 aromatic carbocycles. The van der Waals surface area contributed by atoms with Gasteiger partial charge in [-0.15, -0.1) is 0 Å². The highest BCUT2D eigenvalue weighted by Crippen LogP contribution is 2.33. The fourth-order valence-corrected chi connectivity index (χ4v) is 3.64. The Hall–Kier alpha value is -0.380. The Labute approximate surface area is 110 Å². The summed E-state index contributed by atoms with van der Waals surface area (Å²) in [5.74, 6) is 1.41. The Balaban J connectivity index is 1.99. The minimum absolute atomic E-state index is 0.389. The first-order valence-electron chi connectivity index (χ1n) is 6.08.